The van der Waals surface area contributed by atoms with Crippen LogP contribution in [0.15, 0.2) is 24.3 Å². The van der Waals surface area contributed by atoms with Gasteiger partial charge in [0, 0.05) is 32.2 Å². The molecule has 0 aromatic heterocycles. The number of nitrogens with zero attached hydrogens (tertiary/aromatic N) is 1. The second kappa shape index (κ2) is 7.41. The van der Waals surface area contributed by atoms with Gasteiger partial charge in [0.15, 0.2) is 0 Å². The van der Waals surface area contributed by atoms with Crippen LogP contribution in [0.2, 0.25) is 0 Å². The van der Waals surface area contributed by atoms with E-state index < -0.39 is 0 Å². The van der Waals surface area contributed by atoms with Gasteiger partial charge in [-0.25, -0.2) is 4.39 Å². The van der Waals surface area contributed by atoms with Crippen LogP contribution < -0.4 is 0 Å². The molecule has 0 spiro atoms. The van der Waals surface area contributed by atoms with Crippen molar-refractivity contribution in [3.05, 3.63) is 35.6 Å². The van der Waals surface area contributed by atoms with Gasteiger partial charge >= 0.3 is 0 Å². The van der Waals surface area contributed by atoms with Crippen molar-refractivity contribution < 1.29 is 19.0 Å². The first-order valence-electron chi connectivity index (χ1n) is 8.45. The quantitative estimate of drug-likeness (QED) is 0.818. The average Bonchev–Trinajstić information content (AvgIpc) is 3.36. The Morgan fingerprint density at radius 2 is 1.96 bits per heavy atom. The van der Waals surface area contributed by atoms with Gasteiger partial charge < -0.3 is 14.7 Å². The molecule has 126 valence electrons. The van der Waals surface area contributed by atoms with Gasteiger partial charge in [0.05, 0.1) is 6.10 Å². The van der Waals surface area contributed by atoms with Gasteiger partial charge in [-0.1, -0.05) is 12.1 Å². The fourth-order valence-electron chi connectivity index (χ4n) is 3.34. The summed E-state index contributed by atoms with van der Waals surface area (Å²) in [6.45, 7) is 2.23. The van der Waals surface area contributed by atoms with Crippen LogP contribution in [-0.2, 0) is 9.53 Å². The van der Waals surface area contributed by atoms with Crippen molar-refractivity contribution in [3.63, 3.8) is 0 Å². The second-order valence-corrected chi connectivity index (χ2v) is 6.47. The number of ether oxygens (including phenoxy) is 1. The number of carbonyl (C=O) groups excluding carboxylic acids is 1. The number of likely N-dealkylation sites (tertiary alicyclic amines) is 1. The largest absolute Gasteiger partial charge is 0.396 e. The number of benzene rings is 1. The van der Waals surface area contributed by atoms with Gasteiger partial charge in [-0.15, -0.1) is 0 Å². The summed E-state index contributed by atoms with van der Waals surface area (Å²) in [5, 5.41) is 8.76. The molecule has 2 unspecified atom stereocenters. The average molecular weight is 321 g/mol. The Hall–Kier alpha value is -1.46. The molecule has 4 nitrogen and oxygen atoms in total. The molecular formula is C18H24FNO3. The predicted molar refractivity (Wildman–Crippen MR) is 84.5 cm³/mol. The summed E-state index contributed by atoms with van der Waals surface area (Å²) < 4.78 is 18.7. The maximum Gasteiger partial charge on any atom is 0.226 e. The van der Waals surface area contributed by atoms with Crippen molar-refractivity contribution in [3.8, 4) is 0 Å². The van der Waals surface area contributed by atoms with Gasteiger partial charge in [-0.05, 0) is 49.3 Å². The summed E-state index contributed by atoms with van der Waals surface area (Å²) in [5.41, 5.74) is 1.06. The van der Waals surface area contributed by atoms with E-state index in [0.717, 1.165) is 37.9 Å². The van der Waals surface area contributed by atoms with E-state index in [1.54, 1.807) is 12.1 Å². The maximum atomic E-state index is 13.0. The second-order valence-electron chi connectivity index (χ2n) is 6.47. The number of hydrogen-bond donors (Lipinski definition) is 1. The lowest BCUT2D eigenvalue weighted by atomic mass is 10.1. The first kappa shape index (κ1) is 16.4. The minimum absolute atomic E-state index is 0.0623. The van der Waals surface area contributed by atoms with Crippen molar-refractivity contribution in [2.24, 2.45) is 5.92 Å². The molecule has 1 aromatic rings. The van der Waals surface area contributed by atoms with Crippen LogP contribution in [0.4, 0.5) is 4.39 Å². The standard InChI is InChI=1S/C18H24FNO3/c19-14-4-2-13(3-5-14)16-12-17(16)18(22)20-8-6-15(7-9-20)23-11-1-10-21/h2-5,15-17,21H,1,6-12H2. The summed E-state index contributed by atoms with van der Waals surface area (Å²) in [6.07, 6.45) is 3.48. The number of aliphatic hydroxyl groups excluding tert-OH is 1. The number of hydrogen-bond acceptors (Lipinski definition) is 3. The Bertz CT molecular complexity index is 526. The summed E-state index contributed by atoms with van der Waals surface area (Å²) in [5.74, 6) is 0.308. The lowest BCUT2D eigenvalue weighted by Gasteiger charge is -2.32. The van der Waals surface area contributed by atoms with Crippen molar-refractivity contribution in [1.82, 2.24) is 4.90 Å². The summed E-state index contributed by atoms with van der Waals surface area (Å²) in [4.78, 5) is 14.5. The number of halogens is 1. The highest BCUT2D eigenvalue weighted by Gasteiger charge is 2.46. The summed E-state index contributed by atoms with van der Waals surface area (Å²) in [6, 6.07) is 6.50. The minimum atomic E-state index is -0.236. The number of rotatable bonds is 6. The SMILES string of the molecule is O=C(C1CC1c1ccc(F)cc1)N1CCC(OCCCO)CC1. The Morgan fingerprint density at radius 1 is 1.26 bits per heavy atom. The molecule has 0 bridgehead atoms. The van der Waals surface area contributed by atoms with E-state index in [9.17, 15) is 9.18 Å². The zero-order valence-corrected chi connectivity index (χ0v) is 13.3. The van der Waals surface area contributed by atoms with Crippen molar-refractivity contribution in [2.45, 2.75) is 37.7 Å². The molecule has 3 rings (SSSR count). The molecule has 1 heterocycles. The Labute approximate surface area is 136 Å². The molecule has 2 atom stereocenters. The van der Waals surface area contributed by atoms with Gasteiger partial charge in [-0.3, -0.25) is 4.79 Å². The van der Waals surface area contributed by atoms with Crippen molar-refractivity contribution in [1.29, 1.82) is 0 Å². The van der Waals surface area contributed by atoms with Crippen molar-refractivity contribution in [2.75, 3.05) is 26.3 Å². The van der Waals surface area contributed by atoms with E-state index >= 15 is 0 Å². The molecule has 1 aromatic carbocycles. The number of amides is 1. The third-order valence-electron chi connectivity index (χ3n) is 4.82. The first-order valence-corrected chi connectivity index (χ1v) is 8.45. The van der Waals surface area contributed by atoms with E-state index in [-0.39, 0.29) is 36.3 Å². The molecule has 1 aliphatic carbocycles. The molecule has 23 heavy (non-hydrogen) atoms. The Balaban J connectivity index is 1.45. The smallest absolute Gasteiger partial charge is 0.226 e. The van der Waals surface area contributed by atoms with E-state index in [1.807, 2.05) is 4.90 Å². The van der Waals surface area contributed by atoms with Crippen LogP contribution >= 0.6 is 0 Å². The van der Waals surface area contributed by atoms with E-state index in [0.29, 0.717) is 13.0 Å². The number of carbonyl (C=O) groups is 1. The first-order chi connectivity index (χ1) is 11.2. The van der Waals surface area contributed by atoms with Crippen LogP contribution in [0.3, 0.4) is 0 Å². The fourth-order valence-corrected chi connectivity index (χ4v) is 3.34. The topological polar surface area (TPSA) is 49.8 Å². The summed E-state index contributed by atoms with van der Waals surface area (Å²) in [7, 11) is 0. The number of piperidine rings is 1. The third-order valence-corrected chi connectivity index (χ3v) is 4.82. The minimum Gasteiger partial charge on any atom is -0.396 e. The number of aliphatic hydroxyl groups is 1. The molecule has 5 heteroatoms. The molecule has 0 radical (unpaired) electrons. The van der Waals surface area contributed by atoms with Crippen LogP contribution in [0, 0.1) is 11.7 Å². The van der Waals surface area contributed by atoms with E-state index in [2.05, 4.69) is 0 Å². The van der Waals surface area contributed by atoms with Crippen LogP contribution in [0.25, 0.3) is 0 Å². The molecule has 1 aliphatic heterocycles. The predicted octanol–water partition coefficient (Wildman–Crippen LogP) is 2.32. The molecule has 1 amide bonds. The zero-order chi connectivity index (χ0) is 16.2. The van der Waals surface area contributed by atoms with E-state index in [1.165, 1.54) is 12.1 Å². The lowest BCUT2D eigenvalue weighted by Crippen LogP contribution is -2.41. The molecule has 1 saturated carbocycles. The van der Waals surface area contributed by atoms with Gasteiger partial charge in [0.2, 0.25) is 5.91 Å². The maximum absolute atomic E-state index is 13.0. The van der Waals surface area contributed by atoms with Crippen LogP contribution in [0.1, 0.15) is 37.2 Å². The molecular weight excluding hydrogens is 297 g/mol. The fraction of sp³-hybridized carbons (Fsp3) is 0.611. The highest BCUT2D eigenvalue weighted by atomic mass is 19.1. The highest BCUT2D eigenvalue weighted by molar-refractivity contribution is 5.83. The normalized spacial score (nSPS) is 24.7. The highest BCUT2D eigenvalue weighted by Crippen LogP contribution is 2.48. The molecule has 1 saturated heterocycles. The Morgan fingerprint density at radius 3 is 2.61 bits per heavy atom. The summed E-state index contributed by atoms with van der Waals surface area (Å²) >= 11 is 0. The molecule has 2 aliphatic rings. The zero-order valence-electron chi connectivity index (χ0n) is 13.3. The molecule has 1 N–H and O–H groups in total. The van der Waals surface area contributed by atoms with Crippen LogP contribution in [0.5, 0.6) is 0 Å². The van der Waals surface area contributed by atoms with Gasteiger partial charge in [0.1, 0.15) is 5.82 Å². The Kier molecular flexibility index (Phi) is 5.28. The van der Waals surface area contributed by atoms with Gasteiger partial charge in [0.25, 0.3) is 0 Å². The molecule has 2 fully saturated rings. The van der Waals surface area contributed by atoms with Crippen LogP contribution in [-0.4, -0.2) is 48.3 Å². The lowest BCUT2D eigenvalue weighted by molar-refractivity contribution is -0.135. The van der Waals surface area contributed by atoms with Crippen molar-refractivity contribution >= 4 is 5.91 Å². The third kappa shape index (κ3) is 4.09. The van der Waals surface area contributed by atoms with Gasteiger partial charge in [-0.2, -0.15) is 0 Å². The monoisotopic (exact) mass is 321 g/mol. The van der Waals surface area contributed by atoms with E-state index in [4.69, 9.17) is 9.84 Å².